The van der Waals surface area contributed by atoms with Gasteiger partial charge in [0.1, 0.15) is 11.6 Å². The van der Waals surface area contributed by atoms with Crippen molar-refractivity contribution in [1.82, 2.24) is 14.9 Å². The summed E-state index contributed by atoms with van der Waals surface area (Å²) >= 11 is 0. The molecule has 0 radical (unpaired) electrons. The molecule has 29 heavy (non-hydrogen) atoms. The molecule has 0 bridgehead atoms. The molecule has 3 aromatic rings. The Morgan fingerprint density at radius 1 is 1.24 bits per heavy atom. The number of carbonyl (C=O) groups is 1. The van der Waals surface area contributed by atoms with E-state index in [1.54, 1.807) is 40.0 Å². The highest BCUT2D eigenvalue weighted by atomic mass is 19.1. The van der Waals surface area contributed by atoms with Crippen LogP contribution >= 0.6 is 0 Å². The standard InChI is InChI=1S/C22H27FN4O2/c1-14-5-6-15(11-17(14)23)16-7-8-18-19(12-16)27(9-10-29-4)20(26-18)13-25-22(2,3)21(24)28/h5-8,11-12,25H,9-10,13H2,1-4H3,(H2,24,28). The van der Waals surface area contributed by atoms with Crippen LogP contribution in [0.5, 0.6) is 0 Å². The van der Waals surface area contributed by atoms with Gasteiger partial charge in [0.25, 0.3) is 0 Å². The quantitative estimate of drug-likeness (QED) is 0.611. The number of carbonyl (C=O) groups excluding carboxylic acids is 1. The number of nitrogens with one attached hydrogen (secondary N) is 1. The van der Waals surface area contributed by atoms with E-state index in [9.17, 15) is 9.18 Å². The van der Waals surface area contributed by atoms with Crippen LogP contribution in [0.4, 0.5) is 4.39 Å². The Morgan fingerprint density at radius 2 is 1.93 bits per heavy atom. The molecule has 0 aliphatic carbocycles. The summed E-state index contributed by atoms with van der Waals surface area (Å²) in [6.07, 6.45) is 0. The molecule has 0 spiro atoms. The maximum absolute atomic E-state index is 14.0. The zero-order valence-electron chi connectivity index (χ0n) is 17.3. The lowest BCUT2D eigenvalue weighted by Crippen LogP contribution is -2.50. The molecule has 6 nitrogen and oxygen atoms in total. The van der Waals surface area contributed by atoms with Crippen LogP contribution in [0.2, 0.25) is 0 Å². The Balaban J connectivity index is 2.01. The van der Waals surface area contributed by atoms with Gasteiger partial charge < -0.3 is 15.0 Å². The molecule has 3 N–H and O–H groups in total. The number of methoxy groups -OCH3 is 1. The minimum atomic E-state index is -0.852. The van der Waals surface area contributed by atoms with Gasteiger partial charge in [0.15, 0.2) is 0 Å². The number of nitrogens with zero attached hydrogens (tertiary/aromatic N) is 2. The summed E-state index contributed by atoms with van der Waals surface area (Å²) in [5, 5.41) is 3.16. The van der Waals surface area contributed by atoms with Crippen molar-refractivity contribution in [2.45, 2.75) is 39.4 Å². The van der Waals surface area contributed by atoms with E-state index < -0.39 is 11.4 Å². The van der Waals surface area contributed by atoms with Gasteiger partial charge in [-0.05, 0) is 55.7 Å². The predicted molar refractivity (Wildman–Crippen MR) is 112 cm³/mol. The summed E-state index contributed by atoms with van der Waals surface area (Å²) in [4.78, 5) is 16.3. The first-order valence-electron chi connectivity index (χ1n) is 9.52. The van der Waals surface area contributed by atoms with Crippen LogP contribution in [-0.2, 0) is 22.6 Å². The average Bonchev–Trinajstić information content (AvgIpc) is 3.03. The second-order valence-electron chi connectivity index (χ2n) is 7.68. The van der Waals surface area contributed by atoms with E-state index in [1.165, 1.54) is 0 Å². The minimum Gasteiger partial charge on any atom is -0.383 e. The molecule has 1 amide bonds. The number of hydrogen-bond acceptors (Lipinski definition) is 4. The number of primary amides is 1. The van der Waals surface area contributed by atoms with Crippen molar-refractivity contribution in [3.05, 3.63) is 53.6 Å². The van der Waals surface area contributed by atoms with E-state index in [0.717, 1.165) is 28.0 Å². The Morgan fingerprint density at radius 3 is 2.59 bits per heavy atom. The van der Waals surface area contributed by atoms with E-state index in [2.05, 4.69) is 9.88 Å². The van der Waals surface area contributed by atoms with Crippen LogP contribution in [0.25, 0.3) is 22.2 Å². The number of fused-ring (bicyclic) bond motifs is 1. The minimum absolute atomic E-state index is 0.228. The van der Waals surface area contributed by atoms with Gasteiger partial charge in [0, 0.05) is 13.7 Å². The third-order valence-electron chi connectivity index (χ3n) is 5.16. The smallest absolute Gasteiger partial charge is 0.237 e. The molecular weight excluding hydrogens is 371 g/mol. The number of imidazole rings is 1. The number of aromatic nitrogens is 2. The maximum atomic E-state index is 14.0. The number of amides is 1. The summed E-state index contributed by atoms with van der Waals surface area (Å²) in [6.45, 7) is 6.72. The summed E-state index contributed by atoms with van der Waals surface area (Å²) in [7, 11) is 1.65. The molecule has 154 valence electrons. The maximum Gasteiger partial charge on any atom is 0.237 e. The molecule has 0 saturated heterocycles. The highest BCUT2D eigenvalue weighted by Gasteiger charge is 2.25. The molecule has 0 aliphatic heterocycles. The molecule has 1 aromatic heterocycles. The number of halogens is 1. The lowest BCUT2D eigenvalue weighted by atomic mass is 10.0. The lowest BCUT2D eigenvalue weighted by molar-refractivity contribution is -0.123. The topological polar surface area (TPSA) is 82.2 Å². The second kappa shape index (κ2) is 8.31. The number of aryl methyl sites for hydroxylation is 1. The Bertz CT molecular complexity index is 1040. The van der Waals surface area contributed by atoms with Crippen molar-refractivity contribution >= 4 is 16.9 Å². The first-order chi connectivity index (χ1) is 13.7. The largest absolute Gasteiger partial charge is 0.383 e. The molecule has 0 atom stereocenters. The second-order valence-corrected chi connectivity index (χ2v) is 7.68. The normalized spacial score (nSPS) is 11.9. The van der Waals surface area contributed by atoms with Gasteiger partial charge in [0.05, 0.1) is 29.7 Å². The number of nitrogens with two attached hydrogens (primary N) is 1. The first-order valence-corrected chi connectivity index (χ1v) is 9.52. The summed E-state index contributed by atoms with van der Waals surface area (Å²) in [6, 6.07) is 11.1. The van der Waals surface area contributed by atoms with Crippen molar-refractivity contribution in [2.75, 3.05) is 13.7 Å². The SMILES string of the molecule is COCCn1c(CNC(C)(C)C(N)=O)nc2ccc(-c3ccc(C)c(F)c3)cc21. The number of hydrogen-bond donors (Lipinski definition) is 2. The van der Waals surface area contributed by atoms with Gasteiger partial charge in [-0.2, -0.15) is 0 Å². The Hall–Kier alpha value is -2.77. The highest BCUT2D eigenvalue weighted by molar-refractivity contribution is 5.84. The van der Waals surface area contributed by atoms with Crippen LogP contribution in [-0.4, -0.2) is 34.7 Å². The fourth-order valence-electron chi connectivity index (χ4n) is 3.08. The van der Waals surface area contributed by atoms with Gasteiger partial charge >= 0.3 is 0 Å². The fraction of sp³-hybridized carbons (Fsp3) is 0.364. The van der Waals surface area contributed by atoms with Crippen LogP contribution in [0, 0.1) is 12.7 Å². The first kappa shape index (κ1) is 21.0. The van der Waals surface area contributed by atoms with Gasteiger partial charge in [-0.25, -0.2) is 9.37 Å². The molecule has 3 rings (SSSR count). The summed E-state index contributed by atoms with van der Waals surface area (Å²) in [5.74, 6) is 0.119. The molecule has 0 fully saturated rings. The van der Waals surface area contributed by atoms with Crippen LogP contribution in [0.1, 0.15) is 25.2 Å². The van der Waals surface area contributed by atoms with Crippen LogP contribution < -0.4 is 11.1 Å². The van der Waals surface area contributed by atoms with E-state index in [4.69, 9.17) is 15.5 Å². The molecule has 0 aliphatic rings. The van der Waals surface area contributed by atoms with Gasteiger partial charge in [0.2, 0.25) is 5.91 Å². The van der Waals surface area contributed by atoms with Crippen LogP contribution in [0.3, 0.4) is 0 Å². The lowest BCUT2D eigenvalue weighted by Gasteiger charge is -2.22. The Labute approximate surface area is 169 Å². The number of rotatable bonds is 8. The van der Waals surface area contributed by atoms with E-state index >= 15 is 0 Å². The fourth-order valence-corrected chi connectivity index (χ4v) is 3.08. The summed E-state index contributed by atoms with van der Waals surface area (Å²) in [5.41, 5.74) is 8.69. The van der Waals surface area contributed by atoms with Crippen molar-refractivity contribution in [3.63, 3.8) is 0 Å². The monoisotopic (exact) mass is 398 g/mol. The van der Waals surface area contributed by atoms with Gasteiger partial charge in [-0.3, -0.25) is 10.1 Å². The molecule has 0 saturated carbocycles. The van der Waals surface area contributed by atoms with Crippen LogP contribution in [0.15, 0.2) is 36.4 Å². The van der Waals surface area contributed by atoms with Crippen molar-refractivity contribution < 1.29 is 13.9 Å². The highest BCUT2D eigenvalue weighted by Crippen LogP contribution is 2.27. The molecule has 7 heteroatoms. The molecular formula is C22H27FN4O2. The van der Waals surface area contributed by atoms with Gasteiger partial charge in [-0.1, -0.05) is 18.2 Å². The molecule has 2 aromatic carbocycles. The average molecular weight is 398 g/mol. The third kappa shape index (κ3) is 4.46. The third-order valence-corrected chi connectivity index (χ3v) is 5.16. The zero-order valence-corrected chi connectivity index (χ0v) is 17.3. The van der Waals surface area contributed by atoms with E-state index in [-0.39, 0.29) is 5.82 Å². The number of ether oxygens (including phenoxy) is 1. The van der Waals surface area contributed by atoms with Gasteiger partial charge in [-0.15, -0.1) is 0 Å². The zero-order chi connectivity index (χ0) is 21.2. The van der Waals surface area contributed by atoms with Crippen molar-refractivity contribution in [2.24, 2.45) is 5.73 Å². The van der Waals surface area contributed by atoms with E-state index in [0.29, 0.717) is 25.3 Å². The van der Waals surface area contributed by atoms with Crippen molar-refractivity contribution in [1.29, 1.82) is 0 Å². The Kier molecular flexibility index (Phi) is 6.00. The predicted octanol–water partition coefficient (Wildman–Crippen LogP) is 3.15. The molecule has 1 heterocycles. The van der Waals surface area contributed by atoms with Crippen molar-refractivity contribution in [3.8, 4) is 11.1 Å². The summed E-state index contributed by atoms with van der Waals surface area (Å²) < 4.78 is 21.3. The number of benzene rings is 2. The molecule has 0 unspecified atom stereocenters. The van der Waals surface area contributed by atoms with E-state index in [1.807, 2.05) is 24.3 Å².